The third kappa shape index (κ3) is 4.33. The summed E-state index contributed by atoms with van der Waals surface area (Å²) >= 11 is 11.7. The normalized spacial score (nSPS) is 17.2. The van der Waals surface area contributed by atoms with Crippen LogP contribution in [0.4, 0.5) is 5.69 Å². The second kappa shape index (κ2) is 8.03. The Hall–Kier alpha value is -2.15. The predicted molar refractivity (Wildman–Crippen MR) is 101 cm³/mol. The average molecular weight is 393 g/mol. The summed E-state index contributed by atoms with van der Waals surface area (Å²) in [6.45, 7) is 1.44. The number of nitrogens with one attached hydrogen (secondary N) is 1. The van der Waals surface area contributed by atoms with Gasteiger partial charge in [0, 0.05) is 18.4 Å². The van der Waals surface area contributed by atoms with E-state index >= 15 is 0 Å². The van der Waals surface area contributed by atoms with Gasteiger partial charge in [-0.1, -0.05) is 35.3 Å². The summed E-state index contributed by atoms with van der Waals surface area (Å²) in [5, 5.41) is 3.19. The third-order valence-electron chi connectivity index (χ3n) is 4.32. The molecule has 0 radical (unpaired) electrons. The van der Waals surface area contributed by atoms with Crippen molar-refractivity contribution in [1.29, 1.82) is 0 Å². The number of carbonyl (C=O) groups excluding carboxylic acids is 2. The summed E-state index contributed by atoms with van der Waals surface area (Å²) in [5.74, 6) is -0.622. The molecule has 0 bridgehead atoms. The van der Waals surface area contributed by atoms with E-state index in [4.69, 9.17) is 28.9 Å². The summed E-state index contributed by atoms with van der Waals surface area (Å²) in [6, 6.07) is 8.72. The van der Waals surface area contributed by atoms with Gasteiger partial charge in [0.2, 0.25) is 5.91 Å². The first-order valence-electron chi connectivity index (χ1n) is 8.19. The lowest BCUT2D eigenvalue weighted by molar-refractivity contribution is -0.122. The third-order valence-corrected chi connectivity index (χ3v) is 5.01. The average Bonchev–Trinajstić information content (AvgIpc) is 3.06. The van der Waals surface area contributed by atoms with Crippen LogP contribution in [-0.2, 0) is 11.3 Å². The molecule has 26 heavy (non-hydrogen) atoms. The van der Waals surface area contributed by atoms with Crippen LogP contribution in [0.2, 0.25) is 10.2 Å². The number of halogens is 2. The zero-order chi connectivity index (χ0) is 18.7. The molecule has 2 aromatic rings. The minimum atomic E-state index is -0.329. The lowest BCUT2D eigenvalue weighted by Gasteiger charge is -2.22. The first kappa shape index (κ1) is 18.6. The van der Waals surface area contributed by atoms with Crippen molar-refractivity contribution in [2.24, 2.45) is 5.73 Å². The van der Waals surface area contributed by atoms with E-state index in [-0.39, 0.29) is 28.0 Å². The molecule has 3 N–H and O–H groups in total. The fraction of sp³-hybridized carbons (Fsp3) is 0.278. The zero-order valence-electron chi connectivity index (χ0n) is 13.9. The Morgan fingerprint density at radius 3 is 2.85 bits per heavy atom. The minimum absolute atomic E-state index is 0.153. The summed E-state index contributed by atoms with van der Waals surface area (Å²) in [5.41, 5.74) is 7.41. The molecule has 8 heteroatoms. The predicted octanol–water partition coefficient (Wildman–Crippen LogP) is 3.09. The number of nitrogens with two attached hydrogens (primary N) is 1. The van der Waals surface area contributed by atoms with E-state index in [1.807, 2.05) is 18.2 Å². The van der Waals surface area contributed by atoms with Crippen LogP contribution in [0.1, 0.15) is 28.8 Å². The van der Waals surface area contributed by atoms with Crippen molar-refractivity contribution in [3.63, 3.8) is 0 Å². The molecule has 1 aliphatic rings. The molecule has 1 unspecified atom stereocenters. The van der Waals surface area contributed by atoms with Gasteiger partial charge >= 0.3 is 0 Å². The maximum absolute atomic E-state index is 12.4. The fourth-order valence-corrected chi connectivity index (χ4v) is 3.34. The van der Waals surface area contributed by atoms with E-state index in [1.54, 1.807) is 6.07 Å². The van der Waals surface area contributed by atoms with Gasteiger partial charge in [0.15, 0.2) is 0 Å². The van der Waals surface area contributed by atoms with E-state index in [0.29, 0.717) is 17.8 Å². The molecular formula is C18H18Cl2N4O2. The number of carbonyl (C=O) groups is 2. The number of benzene rings is 1. The first-order valence-corrected chi connectivity index (χ1v) is 8.94. The molecular weight excluding hydrogens is 375 g/mol. The number of anilines is 1. The summed E-state index contributed by atoms with van der Waals surface area (Å²) in [7, 11) is 0. The molecule has 1 atom stereocenters. The molecule has 1 aromatic carbocycles. The minimum Gasteiger partial charge on any atom is -0.368 e. The van der Waals surface area contributed by atoms with Gasteiger partial charge < -0.3 is 11.1 Å². The van der Waals surface area contributed by atoms with Gasteiger partial charge in [0.1, 0.15) is 5.15 Å². The molecule has 0 saturated carbocycles. The van der Waals surface area contributed by atoms with Gasteiger partial charge in [-0.05, 0) is 43.1 Å². The highest BCUT2D eigenvalue weighted by Crippen LogP contribution is 2.22. The number of aromatic nitrogens is 1. The Morgan fingerprint density at radius 1 is 1.31 bits per heavy atom. The summed E-state index contributed by atoms with van der Waals surface area (Å²) < 4.78 is 0. The zero-order valence-corrected chi connectivity index (χ0v) is 15.4. The summed E-state index contributed by atoms with van der Waals surface area (Å²) in [4.78, 5) is 29.8. The topological polar surface area (TPSA) is 88.3 Å². The molecule has 1 aliphatic heterocycles. The van der Waals surface area contributed by atoms with Crippen LogP contribution < -0.4 is 11.1 Å². The van der Waals surface area contributed by atoms with Crippen molar-refractivity contribution in [2.75, 3.05) is 11.9 Å². The Kier molecular flexibility index (Phi) is 5.76. The molecule has 136 valence electrons. The molecule has 3 rings (SSSR count). The second-order valence-corrected chi connectivity index (χ2v) is 6.95. The Balaban J connectivity index is 1.70. The highest BCUT2D eigenvalue weighted by Gasteiger charge is 2.28. The molecule has 1 fully saturated rings. The van der Waals surface area contributed by atoms with E-state index in [0.717, 1.165) is 24.9 Å². The van der Waals surface area contributed by atoms with Crippen LogP contribution in [0.25, 0.3) is 0 Å². The molecule has 2 heterocycles. The summed E-state index contributed by atoms with van der Waals surface area (Å²) in [6.07, 6.45) is 3.11. The number of pyridine rings is 1. The van der Waals surface area contributed by atoms with Gasteiger partial charge in [-0.2, -0.15) is 0 Å². The fourth-order valence-electron chi connectivity index (χ4n) is 3.07. The Bertz CT molecular complexity index is 844. The number of amides is 2. The number of rotatable bonds is 5. The maximum atomic E-state index is 12.4. The van der Waals surface area contributed by atoms with Crippen molar-refractivity contribution in [3.05, 3.63) is 57.8 Å². The smallest absolute Gasteiger partial charge is 0.257 e. The van der Waals surface area contributed by atoms with Crippen LogP contribution in [0.5, 0.6) is 0 Å². The maximum Gasteiger partial charge on any atom is 0.257 e. The Morgan fingerprint density at radius 2 is 2.12 bits per heavy atom. The highest BCUT2D eigenvalue weighted by atomic mass is 35.5. The van der Waals surface area contributed by atoms with Crippen molar-refractivity contribution in [1.82, 2.24) is 9.88 Å². The van der Waals surface area contributed by atoms with Crippen molar-refractivity contribution in [3.8, 4) is 0 Å². The van der Waals surface area contributed by atoms with Crippen molar-refractivity contribution >= 4 is 40.7 Å². The van der Waals surface area contributed by atoms with E-state index in [1.165, 1.54) is 12.3 Å². The van der Waals surface area contributed by atoms with Crippen LogP contribution in [0, 0.1) is 0 Å². The molecule has 1 saturated heterocycles. The van der Waals surface area contributed by atoms with Crippen molar-refractivity contribution < 1.29 is 9.59 Å². The first-order chi connectivity index (χ1) is 12.4. The molecule has 0 aliphatic carbocycles. The van der Waals surface area contributed by atoms with Gasteiger partial charge in [-0.15, -0.1) is 0 Å². The standard InChI is InChI=1S/C18H18Cl2N4O2/c19-14-8-12(9-22-16(14)20)18(26)23-13-4-1-3-11(7-13)10-24-6-2-5-15(24)17(21)25/h1,3-4,7-9,15H,2,5-6,10H2,(H2,21,25)(H,23,26). The second-order valence-electron chi connectivity index (χ2n) is 6.18. The lowest BCUT2D eigenvalue weighted by Crippen LogP contribution is -2.39. The molecule has 2 amide bonds. The highest BCUT2D eigenvalue weighted by molar-refractivity contribution is 6.41. The number of primary amides is 1. The largest absolute Gasteiger partial charge is 0.368 e. The quantitative estimate of drug-likeness (QED) is 0.765. The van der Waals surface area contributed by atoms with Gasteiger partial charge in [-0.25, -0.2) is 4.98 Å². The van der Waals surface area contributed by atoms with Crippen LogP contribution in [-0.4, -0.2) is 34.3 Å². The number of nitrogens with zero attached hydrogens (tertiary/aromatic N) is 2. The molecule has 0 spiro atoms. The van der Waals surface area contributed by atoms with Gasteiger partial charge in [-0.3, -0.25) is 14.5 Å². The molecule has 6 nitrogen and oxygen atoms in total. The van der Waals surface area contributed by atoms with E-state index < -0.39 is 0 Å². The lowest BCUT2D eigenvalue weighted by atomic mass is 10.1. The Labute approximate surface area is 161 Å². The monoisotopic (exact) mass is 392 g/mol. The van der Waals surface area contributed by atoms with E-state index in [2.05, 4.69) is 15.2 Å². The SMILES string of the molecule is NC(=O)C1CCCN1Cc1cccc(NC(=O)c2cnc(Cl)c(Cl)c2)c1. The van der Waals surface area contributed by atoms with Crippen molar-refractivity contribution in [2.45, 2.75) is 25.4 Å². The van der Waals surface area contributed by atoms with E-state index in [9.17, 15) is 9.59 Å². The van der Waals surface area contributed by atoms with Crippen LogP contribution >= 0.6 is 23.2 Å². The molecule has 1 aromatic heterocycles. The number of likely N-dealkylation sites (tertiary alicyclic amines) is 1. The number of hydrogen-bond donors (Lipinski definition) is 2. The van der Waals surface area contributed by atoms with Gasteiger partial charge in [0.25, 0.3) is 5.91 Å². The number of hydrogen-bond acceptors (Lipinski definition) is 4. The van der Waals surface area contributed by atoms with Crippen LogP contribution in [0.3, 0.4) is 0 Å². The van der Waals surface area contributed by atoms with Gasteiger partial charge in [0.05, 0.1) is 16.6 Å². The van der Waals surface area contributed by atoms with Crippen LogP contribution in [0.15, 0.2) is 36.5 Å².